The van der Waals surface area contributed by atoms with Crippen molar-refractivity contribution in [1.29, 1.82) is 0 Å². The van der Waals surface area contributed by atoms with Crippen molar-refractivity contribution in [1.82, 2.24) is 4.90 Å². The highest BCUT2D eigenvalue weighted by molar-refractivity contribution is 7.11. The van der Waals surface area contributed by atoms with Gasteiger partial charge in [0, 0.05) is 6.54 Å². The van der Waals surface area contributed by atoms with Crippen LogP contribution < -0.4 is 0 Å². The molecule has 0 aliphatic carbocycles. The van der Waals surface area contributed by atoms with Crippen molar-refractivity contribution in [3.8, 4) is 0 Å². The molecule has 4 heteroatoms. The quantitative estimate of drug-likeness (QED) is 0.764. The third kappa shape index (κ3) is 3.13. The van der Waals surface area contributed by atoms with Crippen molar-refractivity contribution in [3.05, 3.63) is 28.5 Å². The van der Waals surface area contributed by atoms with Gasteiger partial charge in [0.2, 0.25) is 0 Å². The number of rotatable bonds is 1. The summed E-state index contributed by atoms with van der Waals surface area (Å²) in [5.74, 6) is 0. The summed E-state index contributed by atoms with van der Waals surface area (Å²) in [7, 11) is 0. The van der Waals surface area contributed by atoms with Gasteiger partial charge >= 0.3 is 6.09 Å². The molecule has 0 aromatic carbocycles. The van der Waals surface area contributed by atoms with Crippen LogP contribution in [-0.4, -0.2) is 23.1 Å². The minimum atomic E-state index is -0.449. The Labute approximate surface area is 112 Å². The molecule has 1 aromatic heterocycles. The Bertz CT molecular complexity index is 443. The summed E-state index contributed by atoms with van der Waals surface area (Å²) in [6, 6.07) is 4.04. The first-order chi connectivity index (χ1) is 8.47. The first-order valence-corrected chi connectivity index (χ1v) is 7.10. The van der Waals surface area contributed by atoms with Crippen LogP contribution in [0.1, 0.15) is 38.5 Å². The third-order valence-electron chi connectivity index (χ3n) is 2.60. The van der Waals surface area contributed by atoms with Crippen molar-refractivity contribution < 1.29 is 9.53 Å². The summed E-state index contributed by atoms with van der Waals surface area (Å²) in [4.78, 5) is 15.1. The van der Waals surface area contributed by atoms with Crippen molar-refractivity contribution >= 4 is 23.1 Å². The van der Waals surface area contributed by atoms with E-state index < -0.39 is 5.60 Å². The fourth-order valence-corrected chi connectivity index (χ4v) is 2.66. The summed E-state index contributed by atoms with van der Waals surface area (Å²) in [5.41, 5.74) is 0.542. The van der Waals surface area contributed by atoms with Crippen LogP contribution in [0.15, 0.2) is 23.6 Å². The van der Waals surface area contributed by atoms with E-state index in [9.17, 15) is 4.79 Å². The molecule has 0 bridgehead atoms. The predicted octanol–water partition coefficient (Wildman–Crippen LogP) is 4.12. The normalized spacial score (nSPS) is 16.4. The maximum Gasteiger partial charge on any atom is 0.414 e. The van der Waals surface area contributed by atoms with Gasteiger partial charge in [-0.05, 0) is 45.1 Å². The second kappa shape index (κ2) is 5.14. The van der Waals surface area contributed by atoms with Gasteiger partial charge in [-0.2, -0.15) is 0 Å². The lowest BCUT2D eigenvalue weighted by molar-refractivity contribution is 0.0347. The first kappa shape index (κ1) is 13.1. The number of allylic oxidation sites excluding steroid dienone is 1. The maximum atomic E-state index is 12.2. The molecule has 2 rings (SSSR count). The predicted molar refractivity (Wildman–Crippen MR) is 74.5 cm³/mol. The zero-order chi connectivity index (χ0) is 13.2. The second-order valence-corrected chi connectivity index (χ2v) is 6.29. The molecule has 18 heavy (non-hydrogen) atoms. The molecule has 1 aliphatic rings. The molecular weight excluding hydrogens is 246 g/mol. The molecule has 1 amide bonds. The lowest BCUT2D eigenvalue weighted by atomic mass is 10.1. The van der Waals surface area contributed by atoms with E-state index in [0.29, 0.717) is 0 Å². The van der Waals surface area contributed by atoms with E-state index in [2.05, 4.69) is 6.08 Å². The van der Waals surface area contributed by atoms with Gasteiger partial charge in [0.15, 0.2) is 0 Å². The highest BCUT2D eigenvalue weighted by atomic mass is 32.1. The molecule has 0 spiro atoms. The van der Waals surface area contributed by atoms with E-state index in [1.807, 2.05) is 38.3 Å². The van der Waals surface area contributed by atoms with Crippen molar-refractivity contribution in [3.63, 3.8) is 0 Å². The maximum absolute atomic E-state index is 12.2. The summed E-state index contributed by atoms with van der Waals surface area (Å²) >= 11 is 1.65. The van der Waals surface area contributed by atoms with Crippen molar-refractivity contribution in [2.75, 3.05) is 6.54 Å². The van der Waals surface area contributed by atoms with E-state index >= 15 is 0 Å². The molecule has 98 valence electrons. The number of thiophene rings is 1. The molecule has 2 heterocycles. The van der Waals surface area contributed by atoms with Crippen LogP contribution >= 0.6 is 11.3 Å². The van der Waals surface area contributed by atoms with Crippen LogP contribution in [0.5, 0.6) is 0 Å². The van der Waals surface area contributed by atoms with Gasteiger partial charge < -0.3 is 4.74 Å². The van der Waals surface area contributed by atoms with Gasteiger partial charge in [-0.3, -0.25) is 4.90 Å². The fourth-order valence-electron chi connectivity index (χ4n) is 1.88. The van der Waals surface area contributed by atoms with Crippen LogP contribution in [0.3, 0.4) is 0 Å². The second-order valence-electron chi connectivity index (χ2n) is 5.34. The van der Waals surface area contributed by atoms with Crippen LogP contribution in [0.25, 0.3) is 5.70 Å². The van der Waals surface area contributed by atoms with Crippen LogP contribution in [0.2, 0.25) is 0 Å². The van der Waals surface area contributed by atoms with E-state index in [1.54, 1.807) is 16.2 Å². The van der Waals surface area contributed by atoms with Gasteiger partial charge in [0.1, 0.15) is 5.60 Å². The standard InChI is InChI=1S/C14H19NO2S/c1-14(2,3)17-13(16)15-9-5-4-7-11(15)12-8-6-10-18-12/h6-8,10H,4-5,9H2,1-3H3. The van der Waals surface area contributed by atoms with E-state index in [-0.39, 0.29) is 6.09 Å². The Kier molecular flexibility index (Phi) is 3.76. The van der Waals surface area contributed by atoms with Gasteiger partial charge in [0.25, 0.3) is 0 Å². The van der Waals surface area contributed by atoms with Gasteiger partial charge in [0.05, 0.1) is 10.6 Å². The Morgan fingerprint density at radius 2 is 2.22 bits per heavy atom. The van der Waals surface area contributed by atoms with E-state index in [4.69, 9.17) is 4.74 Å². The largest absolute Gasteiger partial charge is 0.443 e. The average Bonchev–Trinajstić information content (AvgIpc) is 2.80. The lowest BCUT2D eigenvalue weighted by Crippen LogP contribution is -2.37. The Morgan fingerprint density at radius 1 is 1.44 bits per heavy atom. The Hall–Kier alpha value is -1.29. The smallest absolute Gasteiger partial charge is 0.414 e. The molecule has 0 fully saturated rings. The van der Waals surface area contributed by atoms with Crippen LogP contribution in [0.4, 0.5) is 4.79 Å². The van der Waals surface area contributed by atoms with E-state index in [0.717, 1.165) is 30.0 Å². The summed E-state index contributed by atoms with van der Waals surface area (Å²) in [6.07, 6.45) is 3.89. The highest BCUT2D eigenvalue weighted by Crippen LogP contribution is 2.29. The van der Waals surface area contributed by atoms with E-state index in [1.165, 1.54) is 0 Å². The van der Waals surface area contributed by atoms with Crippen LogP contribution in [-0.2, 0) is 4.74 Å². The molecular formula is C14H19NO2S. The zero-order valence-electron chi connectivity index (χ0n) is 11.1. The molecule has 0 saturated heterocycles. The molecule has 3 nitrogen and oxygen atoms in total. The van der Waals surface area contributed by atoms with Gasteiger partial charge in [-0.25, -0.2) is 4.79 Å². The summed E-state index contributed by atoms with van der Waals surface area (Å²) in [6.45, 7) is 6.41. The third-order valence-corrected chi connectivity index (χ3v) is 3.49. The summed E-state index contributed by atoms with van der Waals surface area (Å²) < 4.78 is 5.46. The Morgan fingerprint density at radius 3 is 2.83 bits per heavy atom. The van der Waals surface area contributed by atoms with Crippen molar-refractivity contribution in [2.24, 2.45) is 0 Å². The lowest BCUT2D eigenvalue weighted by Gasteiger charge is -2.30. The molecule has 1 aliphatic heterocycles. The number of amides is 1. The number of nitrogens with zero attached hydrogens (tertiary/aromatic N) is 1. The molecule has 0 N–H and O–H groups in total. The first-order valence-electron chi connectivity index (χ1n) is 6.22. The number of hydrogen-bond acceptors (Lipinski definition) is 3. The average molecular weight is 265 g/mol. The fraction of sp³-hybridized carbons (Fsp3) is 0.500. The van der Waals surface area contributed by atoms with Crippen molar-refractivity contribution in [2.45, 2.75) is 39.2 Å². The minimum absolute atomic E-state index is 0.248. The molecule has 0 saturated carbocycles. The monoisotopic (exact) mass is 265 g/mol. The zero-order valence-corrected chi connectivity index (χ0v) is 11.9. The highest BCUT2D eigenvalue weighted by Gasteiger charge is 2.27. The van der Waals surface area contributed by atoms with Gasteiger partial charge in [-0.1, -0.05) is 12.1 Å². The number of ether oxygens (including phenoxy) is 1. The Balaban J connectivity index is 2.18. The summed E-state index contributed by atoms with van der Waals surface area (Å²) in [5, 5.41) is 2.03. The number of hydrogen-bond donors (Lipinski definition) is 0. The number of carbonyl (C=O) groups excluding carboxylic acids is 1. The molecule has 0 radical (unpaired) electrons. The molecule has 0 atom stereocenters. The minimum Gasteiger partial charge on any atom is -0.443 e. The molecule has 0 unspecified atom stereocenters. The van der Waals surface area contributed by atoms with Gasteiger partial charge in [-0.15, -0.1) is 11.3 Å². The SMILES string of the molecule is CC(C)(C)OC(=O)N1CCCC=C1c1cccs1. The van der Waals surface area contributed by atoms with Crippen LogP contribution in [0, 0.1) is 0 Å². The molecule has 1 aromatic rings. The topological polar surface area (TPSA) is 29.5 Å². The number of carbonyl (C=O) groups is 1.